The molecule has 1 aromatic heterocycles. The number of hydrogen-bond acceptors (Lipinski definition) is 3. The summed E-state index contributed by atoms with van der Waals surface area (Å²) in [5.74, 6) is 1.22. The Morgan fingerprint density at radius 2 is 2.31 bits per heavy atom. The molecule has 0 amide bonds. The SMILES string of the molecule is COC(c1cccc(N)n1)C1CC1. The molecular weight excluding hydrogens is 164 g/mol. The van der Waals surface area contributed by atoms with Crippen molar-refractivity contribution in [3.05, 3.63) is 23.9 Å². The normalized spacial score (nSPS) is 18.5. The second-order valence-electron chi connectivity index (χ2n) is 3.48. The van der Waals surface area contributed by atoms with E-state index in [1.165, 1.54) is 12.8 Å². The lowest BCUT2D eigenvalue weighted by atomic mass is 10.1. The molecular formula is C10H14N2O. The van der Waals surface area contributed by atoms with Crippen molar-refractivity contribution in [3.8, 4) is 0 Å². The Balaban J connectivity index is 2.21. The first-order valence-electron chi connectivity index (χ1n) is 4.56. The zero-order valence-corrected chi connectivity index (χ0v) is 7.73. The van der Waals surface area contributed by atoms with E-state index in [1.54, 1.807) is 13.2 Å². The number of methoxy groups -OCH3 is 1. The Bertz CT molecular complexity index is 297. The third-order valence-corrected chi connectivity index (χ3v) is 2.39. The van der Waals surface area contributed by atoms with E-state index in [4.69, 9.17) is 10.5 Å². The molecule has 2 N–H and O–H groups in total. The van der Waals surface area contributed by atoms with Crippen molar-refractivity contribution in [2.75, 3.05) is 12.8 Å². The lowest BCUT2D eigenvalue weighted by molar-refractivity contribution is 0.0812. The van der Waals surface area contributed by atoms with Gasteiger partial charge in [0.1, 0.15) is 11.9 Å². The Labute approximate surface area is 77.9 Å². The Morgan fingerprint density at radius 1 is 1.54 bits per heavy atom. The highest BCUT2D eigenvalue weighted by Gasteiger charge is 2.33. The van der Waals surface area contributed by atoms with Gasteiger partial charge in [-0.2, -0.15) is 0 Å². The van der Waals surface area contributed by atoms with Crippen LogP contribution >= 0.6 is 0 Å². The highest BCUT2D eigenvalue weighted by Crippen LogP contribution is 2.42. The van der Waals surface area contributed by atoms with Crippen LogP contribution in [0.1, 0.15) is 24.6 Å². The monoisotopic (exact) mass is 178 g/mol. The lowest BCUT2D eigenvalue weighted by Crippen LogP contribution is -2.07. The summed E-state index contributed by atoms with van der Waals surface area (Å²) >= 11 is 0. The molecule has 13 heavy (non-hydrogen) atoms. The second kappa shape index (κ2) is 3.34. The fourth-order valence-corrected chi connectivity index (χ4v) is 1.58. The molecule has 0 radical (unpaired) electrons. The van der Waals surface area contributed by atoms with Crippen molar-refractivity contribution in [3.63, 3.8) is 0 Å². The molecule has 1 aliphatic rings. The maximum absolute atomic E-state index is 5.60. The smallest absolute Gasteiger partial charge is 0.123 e. The van der Waals surface area contributed by atoms with E-state index in [1.807, 2.05) is 12.1 Å². The number of nitrogen functional groups attached to an aromatic ring is 1. The molecule has 0 spiro atoms. The summed E-state index contributed by atoms with van der Waals surface area (Å²) < 4.78 is 5.40. The molecule has 1 saturated carbocycles. The fourth-order valence-electron chi connectivity index (χ4n) is 1.58. The summed E-state index contributed by atoms with van der Waals surface area (Å²) in [6.45, 7) is 0. The van der Waals surface area contributed by atoms with Crippen LogP contribution < -0.4 is 5.73 Å². The summed E-state index contributed by atoms with van der Waals surface area (Å²) in [4.78, 5) is 4.26. The van der Waals surface area contributed by atoms with E-state index in [2.05, 4.69) is 4.98 Å². The van der Waals surface area contributed by atoms with E-state index in [-0.39, 0.29) is 6.10 Å². The first-order valence-corrected chi connectivity index (χ1v) is 4.56. The molecule has 1 heterocycles. The number of rotatable bonds is 3. The molecule has 0 saturated heterocycles. The van der Waals surface area contributed by atoms with Gasteiger partial charge in [-0.05, 0) is 30.9 Å². The number of anilines is 1. The fraction of sp³-hybridized carbons (Fsp3) is 0.500. The van der Waals surface area contributed by atoms with Gasteiger partial charge in [0.15, 0.2) is 0 Å². The quantitative estimate of drug-likeness (QED) is 0.767. The van der Waals surface area contributed by atoms with Gasteiger partial charge in [-0.25, -0.2) is 4.98 Å². The Hall–Kier alpha value is -1.09. The van der Waals surface area contributed by atoms with Crippen molar-refractivity contribution in [2.24, 2.45) is 5.92 Å². The van der Waals surface area contributed by atoms with Crippen LogP contribution in [0.4, 0.5) is 5.82 Å². The van der Waals surface area contributed by atoms with E-state index in [0.29, 0.717) is 11.7 Å². The number of pyridine rings is 1. The highest BCUT2D eigenvalue weighted by atomic mass is 16.5. The zero-order chi connectivity index (χ0) is 9.26. The third kappa shape index (κ3) is 1.80. The summed E-state index contributed by atoms with van der Waals surface area (Å²) in [6, 6.07) is 5.69. The summed E-state index contributed by atoms with van der Waals surface area (Å²) in [6.07, 6.45) is 2.63. The van der Waals surface area contributed by atoms with Crippen molar-refractivity contribution in [1.82, 2.24) is 4.98 Å². The van der Waals surface area contributed by atoms with E-state index >= 15 is 0 Å². The molecule has 0 aliphatic heterocycles. The molecule has 70 valence electrons. The van der Waals surface area contributed by atoms with Gasteiger partial charge in [0, 0.05) is 7.11 Å². The summed E-state index contributed by atoms with van der Waals surface area (Å²) in [5.41, 5.74) is 6.57. The summed E-state index contributed by atoms with van der Waals surface area (Å²) in [7, 11) is 1.73. The van der Waals surface area contributed by atoms with Crippen LogP contribution in [-0.4, -0.2) is 12.1 Å². The molecule has 1 unspecified atom stereocenters. The van der Waals surface area contributed by atoms with Gasteiger partial charge in [0.25, 0.3) is 0 Å². The topological polar surface area (TPSA) is 48.1 Å². The minimum Gasteiger partial charge on any atom is -0.384 e. The van der Waals surface area contributed by atoms with Gasteiger partial charge in [0.05, 0.1) is 5.69 Å². The van der Waals surface area contributed by atoms with Gasteiger partial charge in [-0.15, -0.1) is 0 Å². The van der Waals surface area contributed by atoms with Crippen LogP contribution in [0, 0.1) is 5.92 Å². The van der Waals surface area contributed by atoms with Gasteiger partial charge < -0.3 is 10.5 Å². The number of ether oxygens (including phenoxy) is 1. The Morgan fingerprint density at radius 3 is 2.85 bits per heavy atom. The van der Waals surface area contributed by atoms with Crippen LogP contribution in [0.25, 0.3) is 0 Å². The summed E-state index contributed by atoms with van der Waals surface area (Å²) in [5, 5.41) is 0. The Kier molecular flexibility index (Phi) is 2.19. The van der Waals surface area contributed by atoms with Crippen LogP contribution in [-0.2, 0) is 4.74 Å². The average molecular weight is 178 g/mol. The minimum atomic E-state index is 0.142. The predicted octanol–water partition coefficient (Wildman–Crippen LogP) is 1.76. The van der Waals surface area contributed by atoms with Crippen LogP contribution in [0.3, 0.4) is 0 Å². The zero-order valence-electron chi connectivity index (χ0n) is 7.73. The first kappa shape index (κ1) is 8.51. The van der Waals surface area contributed by atoms with E-state index in [9.17, 15) is 0 Å². The molecule has 3 nitrogen and oxygen atoms in total. The molecule has 3 heteroatoms. The standard InChI is InChI=1S/C10H14N2O/c1-13-10(7-5-6-7)8-3-2-4-9(11)12-8/h2-4,7,10H,5-6H2,1H3,(H2,11,12). The number of aromatic nitrogens is 1. The van der Waals surface area contributed by atoms with Crippen molar-refractivity contribution in [2.45, 2.75) is 18.9 Å². The third-order valence-electron chi connectivity index (χ3n) is 2.39. The molecule has 0 bridgehead atoms. The van der Waals surface area contributed by atoms with Gasteiger partial charge >= 0.3 is 0 Å². The van der Waals surface area contributed by atoms with Gasteiger partial charge in [-0.3, -0.25) is 0 Å². The average Bonchev–Trinajstić information content (AvgIpc) is 2.90. The minimum absolute atomic E-state index is 0.142. The molecule has 0 aromatic carbocycles. The second-order valence-corrected chi connectivity index (χ2v) is 3.48. The number of nitrogens with zero attached hydrogens (tertiary/aromatic N) is 1. The van der Waals surface area contributed by atoms with Gasteiger partial charge in [0.2, 0.25) is 0 Å². The van der Waals surface area contributed by atoms with Crippen molar-refractivity contribution in [1.29, 1.82) is 0 Å². The predicted molar refractivity (Wildman–Crippen MR) is 51.1 cm³/mol. The lowest BCUT2D eigenvalue weighted by Gasteiger charge is -2.13. The van der Waals surface area contributed by atoms with E-state index < -0.39 is 0 Å². The van der Waals surface area contributed by atoms with E-state index in [0.717, 1.165) is 5.69 Å². The molecule has 1 fully saturated rings. The number of nitrogens with two attached hydrogens (primary N) is 1. The van der Waals surface area contributed by atoms with Crippen LogP contribution in [0.15, 0.2) is 18.2 Å². The number of hydrogen-bond donors (Lipinski definition) is 1. The molecule has 1 aromatic rings. The van der Waals surface area contributed by atoms with Crippen molar-refractivity contribution < 1.29 is 4.74 Å². The molecule has 1 atom stereocenters. The highest BCUT2D eigenvalue weighted by molar-refractivity contribution is 5.29. The largest absolute Gasteiger partial charge is 0.384 e. The molecule has 1 aliphatic carbocycles. The maximum Gasteiger partial charge on any atom is 0.123 e. The maximum atomic E-state index is 5.60. The molecule has 2 rings (SSSR count). The first-order chi connectivity index (χ1) is 6.31. The van der Waals surface area contributed by atoms with Gasteiger partial charge in [-0.1, -0.05) is 6.07 Å². The van der Waals surface area contributed by atoms with Crippen LogP contribution in [0.5, 0.6) is 0 Å². The van der Waals surface area contributed by atoms with Crippen LogP contribution in [0.2, 0.25) is 0 Å². The van der Waals surface area contributed by atoms with Crippen molar-refractivity contribution >= 4 is 5.82 Å².